The zero-order valence-corrected chi connectivity index (χ0v) is 12.0. The second-order valence-corrected chi connectivity index (χ2v) is 4.78. The minimum Gasteiger partial charge on any atom is -0.244 e. The second-order valence-electron chi connectivity index (χ2n) is 4.78. The Labute approximate surface area is 122 Å². The van der Waals surface area contributed by atoms with Gasteiger partial charge in [0, 0.05) is 23.5 Å². The molecule has 0 amide bonds. The van der Waals surface area contributed by atoms with E-state index < -0.39 is 0 Å². The van der Waals surface area contributed by atoms with Crippen LogP contribution in [0, 0.1) is 6.92 Å². The molecule has 5 heteroatoms. The molecule has 2 aromatic heterocycles. The molecule has 0 bridgehead atoms. The van der Waals surface area contributed by atoms with Gasteiger partial charge >= 0.3 is 6.03 Å². The number of hydrogen-bond donors (Lipinski definition) is 0. The standard InChI is InChI=1S/C16H16N4O/c1-3-14-12(2)20(16(21)19-11-7-10-17-19)18-15(14)13-8-5-4-6-9-13/h4-11H,3H2,1-2H3. The van der Waals surface area contributed by atoms with Crippen molar-refractivity contribution in [2.75, 3.05) is 0 Å². The molecule has 0 aliphatic rings. The number of carbonyl (C=O) groups is 1. The summed E-state index contributed by atoms with van der Waals surface area (Å²) in [6.07, 6.45) is 4.02. The van der Waals surface area contributed by atoms with Crippen LogP contribution in [0.1, 0.15) is 18.2 Å². The van der Waals surface area contributed by atoms with E-state index in [1.807, 2.05) is 37.3 Å². The van der Waals surface area contributed by atoms with Crippen LogP contribution in [0.2, 0.25) is 0 Å². The van der Waals surface area contributed by atoms with Crippen LogP contribution in [0.25, 0.3) is 11.3 Å². The third kappa shape index (κ3) is 2.27. The maximum atomic E-state index is 12.4. The third-order valence-electron chi connectivity index (χ3n) is 3.52. The molecular weight excluding hydrogens is 264 g/mol. The normalized spacial score (nSPS) is 10.8. The maximum Gasteiger partial charge on any atom is 0.369 e. The number of rotatable bonds is 2. The van der Waals surface area contributed by atoms with E-state index in [0.29, 0.717) is 0 Å². The van der Waals surface area contributed by atoms with Gasteiger partial charge in [-0.05, 0) is 19.4 Å². The van der Waals surface area contributed by atoms with Crippen molar-refractivity contribution in [1.82, 2.24) is 19.6 Å². The zero-order valence-electron chi connectivity index (χ0n) is 12.0. The predicted octanol–water partition coefficient (Wildman–Crippen LogP) is 3.13. The van der Waals surface area contributed by atoms with Gasteiger partial charge in [-0.15, -0.1) is 0 Å². The lowest BCUT2D eigenvalue weighted by Gasteiger charge is -2.02. The topological polar surface area (TPSA) is 52.7 Å². The molecule has 106 valence electrons. The Morgan fingerprint density at radius 3 is 2.57 bits per heavy atom. The summed E-state index contributed by atoms with van der Waals surface area (Å²) in [6.45, 7) is 3.98. The van der Waals surface area contributed by atoms with Gasteiger partial charge in [0.05, 0.1) is 11.4 Å². The van der Waals surface area contributed by atoms with E-state index in [-0.39, 0.29) is 6.03 Å². The van der Waals surface area contributed by atoms with Crippen molar-refractivity contribution in [3.05, 3.63) is 60.0 Å². The average Bonchev–Trinajstić information content (AvgIpc) is 3.15. The SMILES string of the molecule is CCc1c(-c2ccccc2)nn(C(=O)n2cccn2)c1C. The van der Waals surface area contributed by atoms with Gasteiger partial charge in [0.25, 0.3) is 0 Å². The lowest BCUT2D eigenvalue weighted by Crippen LogP contribution is -2.22. The monoisotopic (exact) mass is 280 g/mol. The van der Waals surface area contributed by atoms with E-state index in [1.165, 1.54) is 9.36 Å². The van der Waals surface area contributed by atoms with Crippen molar-refractivity contribution in [3.63, 3.8) is 0 Å². The number of aromatic nitrogens is 4. The highest BCUT2D eigenvalue weighted by atomic mass is 16.2. The van der Waals surface area contributed by atoms with E-state index in [0.717, 1.165) is 28.9 Å². The summed E-state index contributed by atoms with van der Waals surface area (Å²) < 4.78 is 2.71. The summed E-state index contributed by atoms with van der Waals surface area (Å²) in [4.78, 5) is 12.4. The third-order valence-corrected chi connectivity index (χ3v) is 3.52. The number of benzene rings is 1. The van der Waals surface area contributed by atoms with Gasteiger partial charge in [-0.2, -0.15) is 19.6 Å². The Morgan fingerprint density at radius 1 is 1.19 bits per heavy atom. The molecular formula is C16H16N4O. The molecule has 3 aromatic rings. The highest BCUT2D eigenvalue weighted by Gasteiger charge is 2.19. The van der Waals surface area contributed by atoms with Gasteiger partial charge in [-0.1, -0.05) is 37.3 Å². The fourth-order valence-electron chi connectivity index (χ4n) is 2.45. The van der Waals surface area contributed by atoms with Crippen LogP contribution in [0.15, 0.2) is 48.8 Å². The summed E-state index contributed by atoms with van der Waals surface area (Å²) in [5.74, 6) is 0. The van der Waals surface area contributed by atoms with E-state index in [9.17, 15) is 4.79 Å². The van der Waals surface area contributed by atoms with Crippen LogP contribution < -0.4 is 0 Å². The van der Waals surface area contributed by atoms with E-state index in [1.54, 1.807) is 18.5 Å². The Hall–Kier alpha value is -2.69. The van der Waals surface area contributed by atoms with Crippen molar-refractivity contribution in [1.29, 1.82) is 0 Å². The summed E-state index contributed by atoms with van der Waals surface area (Å²) in [6, 6.07) is 11.4. The van der Waals surface area contributed by atoms with Gasteiger partial charge in [-0.25, -0.2) is 4.79 Å². The van der Waals surface area contributed by atoms with Crippen LogP contribution in [0.5, 0.6) is 0 Å². The Morgan fingerprint density at radius 2 is 1.95 bits per heavy atom. The first-order chi connectivity index (χ1) is 10.2. The summed E-state index contributed by atoms with van der Waals surface area (Å²) in [5, 5.41) is 8.49. The molecule has 0 atom stereocenters. The van der Waals surface area contributed by atoms with Crippen molar-refractivity contribution in [2.24, 2.45) is 0 Å². The van der Waals surface area contributed by atoms with Crippen LogP contribution >= 0.6 is 0 Å². The fourth-order valence-corrected chi connectivity index (χ4v) is 2.45. The summed E-state index contributed by atoms with van der Waals surface area (Å²) >= 11 is 0. The van der Waals surface area contributed by atoms with Gasteiger partial charge in [0.1, 0.15) is 0 Å². The molecule has 0 unspecified atom stereocenters. The van der Waals surface area contributed by atoms with Crippen LogP contribution in [0.3, 0.4) is 0 Å². The van der Waals surface area contributed by atoms with E-state index in [4.69, 9.17) is 0 Å². The van der Waals surface area contributed by atoms with Gasteiger partial charge in [-0.3, -0.25) is 0 Å². The minimum absolute atomic E-state index is 0.269. The van der Waals surface area contributed by atoms with Crippen molar-refractivity contribution >= 4 is 6.03 Å². The Bertz CT molecular complexity index is 757. The smallest absolute Gasteiger partial charge is 0.244 e. The van der Waals surface area contributed by atoms with E-state index >= 15 is 0 Å². The second kappa shape index (κ2) is 5.36. The first kappa shape index (κ1) is 13.3. The number of hydrogen-bond acceptors (Lipinski definition) is 3. The summed E-state index contributed by atoms with van der Waals surface area (Å²) in [7, 11) is 0. The van der Waals surface area contributed by atoms with Crippen LogP contribution in [-0.2, 0) is 6.42 Å². The van der Waals surface area contributed by atoms with Crippen LogP contribution in [0.4, 0.5) is 4.79 Å². The molecule has 3 rings (SSSR count). The quantitative estimate of drug-likeness (QED) is 0.724. The van der Waals surface area contributed by atoms with Gasteiger partial charge in [0.2, 0.25) is 0 Å². The van der Waals surface area contributed by atoms with Crippen LogP contribution in [-0.4, -0.2) is 25.6 Å². The first-order valence-electron chi connectivity index (χ1n) is 6.90. The molecule has 1 aromatic carbocycles. The number of nitrogens with zero attached hydrogens (tertiary/aromatic N) is 4. The van der Waals surface area contributed by atoms with Gasteiger partial charge < -0.3 is 0 Å². The molecule has 0 spiro atoms. The van der Waals surface area contributed by atoms with Crippen molar-refractivity contribution in [3.8, 4) is 11.3 Å². The highest BCUT2D eigenvalue weighted by Crippen LogP contribution is 2.25. The molecule has 0 N–H and O–H groups in total. The molecule has 0 fully saturated rings. The highest BCUT2D eigenvalue weighted by molar-refractivity contribution is 5.80. The largest absolute Gasteiger partial charge is 0.369 e. The van der Waals surface area contributed by atoms with E-state index in [2.05, 4.69) is 17.1 Å². The lowest BCUT2D eigenvalue weighted by atomic mass is 10.0. The Kier molecular flexibility index (Phi) is 3.39. The average molecular weight is 280 g/mol. The summed E-state index contributed by atoms with van der Waals surface area (Å²) in [5.41, 5.74) is 3.82. The predicted molar refractivity (Wildman–Crippen MR) is 80.2 cm³/mol. The molecule has 0 aliphatic carbocycles. The molecule has 0 saturated carbocycles. The molecule has 2 heterocycles. The maximum absolute atomic E-state index is 12.4. The number of carbonyl (C=O) groups excluding carboxylic acids is 1. The molecule has 0 radical (unpaired) electrons. The lowest BCUT2D eigenvalue weighted by molar-refractivity contribution is 0.237. The first-order valence-corrected chi connectivity index (χ1v) is 6.90. The minimum atomic E-state index is -0.269. The fraction of sp³-hybridized carbons (Fsp3) is 0.188. The van der Waals surface area contributed by atoms with Gasteiger partial charge in [0.15, 0.2) is 0 Å². The molecule has 21 heavy (non-hydrogen) atoms. The molecule has 0 saturated heterocycles. The van der Waals surface area contributed by atoms with Crippen molar-refractivity contribution in [2.45, 2.75) is 20.3 Å². The van der Waals surface area contributed by atoms with Crippen molar-refractivity contribution < 1.29 is 4.79 Å². The Balaban J connectivity index is 2.12. The molecule has 0 aliphatic heterocycles. The zero-order chi connectivity index (χ0) is 14.8. The molecule has 5 nitrogen and oxygen atoms in total.